The summed E-state index contributed by atoms with van der Waals surface area (Å²) in [6.45, 7) is 7.02. The van der Waals surface area contributed by atoms with Crippen molar-refractivity contribution in [3.05, 3.63) is 42.0 Å². The monoisotopic (exact) mass is 288 g/mol. The van der Waals surface area contributed by atoms with E-state index in [1.165, 1.54) is 12.1 Å². The van der Waals surface area contributed by atoms with Gasteiger partial charge in [-0.2, -0.15) is 0 Å². The van der Waals surface area contributed by atoms with Crippen LogP contribution in [-0.2, 0) is 9.53 Å². The summed E-state index contributed by atoms with van der Waals surface area (Å²) < 4.78 is 10.4. The third-order valence-corrected chi connectivity index (χ3v) is 3.08. The van der Waals surface area contributed by atoms with Crippen molar-refractivity contribution in [1.29, 1.82) is 0 Å². The molecule has 0 heterocycles. The van der Waals surface area contributed by atoms with Gasteiger partial charge in [0.25, 0.3) is 0 Å². The molecule has 0 radical (unpaired) electrons. The molecule has 1 aliphatic carbocycles. The maximum Gasteiger partial charge on any atom is 0.309 e. The molecular weight excluding hydrogens is 272 g/mol. The topological polar surface area (TPSA) is 69.7 Å². The standard InChI is InChI=1S/C16H16O5/c1-4-8-20-11-7-5-6-10-12(11)14(18)15(13(10)17)21-16(19)9(2)3/h4-7,9,15H,1,8H2,2-3H3. The van der Waals surface area contributed by atoms with Crippen molar-refractivity contribution in [3.63, 3.8) is 0 Å². The van der Waals surface area contributed by atoms with E-state index in [0.29, 0.717) is 5.75 Å². The molecule has 110 valence electrons. The van der Waals surface area contributed by atoms with Crippen LogP contribution in [0.4, 0.5) is 0 Å². The lowest BCUT2D eigenvalue weighted by molar-refractivity contribution is -0.148. The molecule has 21 heavy (non-hydrogen) atoms. The molecule has 1 unspecified atom stereocenters. The highest BCUT2D eigenvalue weighted by Gasteiger charge is 2.43. The van der Waals surface area contributed by atoms with Crippen molar-refractivity contribution in [1.82, 2.24) is 0 Å². The average Bonchev–Trinajstić information content (AvgIpc) is 2.70. The molecule has 0 spiro atoms. The van der Waals surface area contributed by atoms with E-state index in [4.69, 9.17) is 9.47 Å². The molecule has 1 aromatic carbocycles. The van der Waals surface area contributed by atoms with Gasteiger partial charge in [0, 0.05) is 5.56 Å². The fraction of sp³-hybridized carbons (Fsp3) is 0.312. The fourth-order valence-corrected chi connectivity index (χ4v) is 2.01. The quantitative estimate of drug-likeness (QED) is 0.472. The van der Waals surface area contributed by atoms with E-state index in [0.717, 1.165) is 0 Å². The van der Waals surface area contributed by atoms with Crippen molar-refractivity contribution in [2.45, 2.75) is 20.0 Å². The first-order valence-electron chi connectivity index (χ1n) is 6.63. The molecule has 5 heteroatoms. The van der Waals surface area contributed by atoms with Crippen molar-refractivity contribution in [2.24, 2.45) is 5.92 Å². The highest BCUT2D eigenvalue weighted by atomic mass is 16.6. The maximum absolute atomic E-state index is 12.3. The molecule has 0 aliphatic heterocycles. The van der Waals surface area contributed by atoms with E-state index in [1.54, 1.807) is 26.0 Å². The normalized spacial score (nSPS) is 16.8. The summed E-state index contributed by atoms with van der Waals surface area (Å²) in [5.41, 5.74) is 0.397. The van der Waals surface area contributed by atoms with Crippen LogP contribution in [0.2, 0.25) is 0 Å². The Balaban J connectivity index is 2.33. The number of ketones is 2. The zero-order chi connectivity index (χ0) is 15.6. The first-order chi connectivity index (χ1) is 9.97. The number of hydrogen-bond acceptors (Lipinski definition) is 5. The Bertz CT molecular complexity index is 615. The highest BCUT2D eigenvalue weighted by molar-refractivity contribution is 6.30. The average molecular weight is 288 g/mol. The smallest absolute Gasteiger partial charge is 0.309 e. The second-order valence-electron chi connectivity index (χ2n) is 4.98. The van der Waals surface area contributed by atoms with Gasteiger partial charge in [0.15, 0.2) is 0 Å². The molecule has 1 aliphatic rings. The predicted molar refractivity (Wildman–Crippen MR) is 75.5 cm³/mol. The van der Waals surface area contributed by atoms with Crippen LogP contribution in [0, 0.1) is 5.92 Å². The molecule has 5 nitrogen and oxygen atoms in total. The molecule has 1 aromatic rings. The summed E-state index contributed by atoms with van der Waals surface area (Å²) in [7, 11) is 0. The first-order valence-corrected chi connectivity index (χ1v) is 6.63. The van der Waals surface area contributed by atoms with Crippen LogP contribution in [0.1, 0.15) is 34.6 Å². The summed E-state index contributed by atoms with van der Waals surface area (Å²) in [5, 5.41) is 0. The van der Waals surface area contributed by atoms with E-state index in [1.807, 2.05) is 0 Å². The van der Waals surface area contributed by atoms with Gasteiger partial charge in [0.2, 0.25) is 17.7 Å². The van der Waals surface area contributed by atoms with Gasteiger partial charge in [0.1, 0.15) is 12.4 Å². The van der Waals surface area contributed by atoms with Crippen molar-refractivity contribution < 1.29 is 23.9 Å². The molecule has 0 N–H and O–H groups in total. The predicted octanol–water partition coefficient (Wildman–Crippen LogP) is 2.20. The number of esters is 1. The van der Waals surface area contributed by atoms with Crippen LogP contribution >= 0.6 is 0 Å². The lowest BCUT2D eigenvalue weighted by Gasteiger charge is -2.11. The van der Waals surface area contributed by atoms with E-state index in [9.17, 15) is 14.4 Å². The summed E-state index contributed by atoms with van der Waals surface area (Å²) in [5.74, 6) is -1.74. The van der Waals surface area contributed by atoms with E-state index >= 15 is 0 Å². The van der Waals surface area contributed by atoms with Gasteiger partial charge in [-0.3, -0.25) is 14.4 Å². The number of ether oxygens (including phenoxy) is 2. The van der Waals surface area contributed by atoms with Gasteiger partial charge in [-0.1, -0.05) is 38.6 Å². The maximum atomic E-state index is 12.3. The Morgan fingerprint density at radius 1 is 1.33 bits per heavy atom. The molecule has 0 aromatic heterocycles. The molecule has 0 saturated heterocycles. The molecule has 2 rings (SSSR count). The van der Waals surface area contributed by atoms with Gasteiger partial charge in [-0.15, -0.1) is 0 Å². The van der Waals surface area contributed by atoms with E-state index < -0.39 is 29.6 Å². The number of hydrogen-bond donors (Lipinski definition) is 0. The largest absolute Gasteiger partial charge is 0.489 e. The molecule has 0 amide bonds. The van der Waals surface area contributed by atoms with Gasteiger partial charge in [-0.25, -0.2) is 0 Å². The van der Waals surface area contributed by atoms with E-state index in [2.05, 4.69) is 6.58 Å². The number of fused-ring (bicyclic) bond motifs is 1. The molecule has 0 bridgehead atoms. The van der Waals surface area contributed by atoms with Gasteiger partial charge in [0.05, 0.1) is 11.5 Å². The fourth-order valence-electron chi connectivity index (χ4n) is 2.01. The van der Waals surface area contributed by atoms with Gasteiger partial charge >= 0.3 is 5.97 Å². The second kappa shape index (κ2) is 5.91. The van der Waals surface area contributed by atoms with Crippen LogP contribution in [0.3, 0.4) is 0 Å². The molecular formula is C16H16O5. The Kier molecular flexibility index (Phi) is 4.21. The number of Topliss-reactive ketones (excluding diaryl/α,β-unsaturated/α-hetero) is 2. The zero-order valence-corrected chi connectivity index (χ0v) is 11.9. The molecule has 0 fully saturated rings. The lowest BCUT2D eigenvalue weighted by atomic mass is 10.1. The number of benzene rings is 1. The van der Waals surface area contributed by atoms with Crippen molar-refractivity contribution >= 4 is 17.5 Å². The lowest BCUT2D eigenvalue weighted by Crippen LogP contribution is -2.30. The minimum absolute atomic E-state index is 0.172. The third kappa shape index (κ3) is 2.72. The molecule has 0 saturated carbocycles. The summed E-state index contributed by atoms with van der Waals surface area (Å²) >= 11 is 0. The molecule has 1 atom stereocenters. The van der Waals surface area contributed by atoms with Crippen LogP contribution in [0.15, 0.2) is 30.9 Å². The Morgan fingerprint density at radius 3 is 2.67 bits per heavy atom. The van der Waals surface area contributed by atoms with Gasteiger partial charge < -0.3 is 9.47 Å². The summed E-state index contributed by atoms with van der Waals surface area (Å²) in [6.07, 6.45) is 0.139. The number of carbonyl (C=O) groups excluding carboxylic acids is 3. The Morgan fingerprint density at radius 2 is 2.05 bits per heavy atom. The number of carbonyl (C=O) groups is 3. The van der Waals surface area contributed by atoms with Crippen LogP contribution < -0.4 is 4.74 Å². The summed E-state index contributed by atoms with van der Waals surface area (Å²) in [6, 6.07) is 4.74. The summed E-state index contributed by atoms with van der Waals surface area (Å²) in [4.78, 5) is 36.2. The number of rotatable bonds is 5. The van der Waals surface area contributed by atoms with Crippen LogP contribution in [-0.4, -0.2) is 30.2 Å². The first kappa shape index (κ1) is 15.0. The minimum atomic E-state index is -1.40. The third-order valence-electron chi connectivity index (χ3n) is 3.08. The van der Waals surface area contributed by atoms with Crippen LogP contribution in [0.25, 0.3) is 0 Å². The SMILES string of the molecule is C=CCOc1cccc2c1C(=O)C(OC(=O)C(C)C)C2=O. The zero-order valence-electron chi connectivity index (χ0n) is 11.9. The van der Waals surface area contributed by atoms with Crippen molar-refractivity contribution in [3.8, 4) is 5.75 Å². The Hall–Kier alpha value is -2.43. The van der Waals surface area contributed by atoms with Crippen LogP contribution in [0.5, 0.6) is 5.75 Å². The minimum Gasteiger partial charge on any atom is -0.489 e. The second-order valence-corrected chi connectivity index (χ2v) is 4.98. The van der Waals surface area contributed by atoms with Gasteiger partial charge in [-0.05, 0) is 6.07 Å². The van der Waals surface area contributed by atoms with Crippen molar-refractivity contribution in [2.75, 3.05) is 6.61 Å². The van der Waals surface area contributed by atoms with E-state index in [-0.39, 0.29) is 17.7 Å². The highest BCUT2D eigenvalue weighted by Crippen LogP contribution is 2.32. The Labute approximate surface area is 122 Å².